The van der Waals surface area contributed by atoms with Gasteiger partial charge in [0.15, 0.2) is 0 Å². The van der Waals surface area contributed by atoms with Crippen molar-refractivity contribution in [1.82, 2.24) is 4.90 Å². The van der Waals surface area contributed by atoms with Crippen molar-refractivity contribution in [2.75, 3.05) is 0 Å². The molecule has 2 unspecified atom stereocenters. The highest BCUT2D eigenvalue weighted by Gasteiger charge is 2.46. The lowest BCUT2D eigenvalue weighted by molar-refractivity contribution is -0.00373. The summed E-state index contributed by atoms with van der Waals surface area (Å²) < 4.78 is 5.63. The van der Waals surface area contributed by atoms with Crippen LogP contribution < -0.4 is 0 Å². The van der Waals surface area contributed by atoms with Gasteiger partial charge in [0, 0.05) is 12.1 Å². The highest BCUT2D eigenvalue weighted by Crippen LogP contribution is 2.45. The Hall–Kier alpha value is -0.730. The molecule has 2 atom stereocenters. The summed E-state index contributed by atoms with van der Waals surface area (Å²) in [6.07, 6.45) is 11.9. The van der Waals surface area contributed by atoms with Crippen molar-refractivity contribution in [3.63, 3.8) is 0 Å². The molecule has 1 saturated carbocycles. The SMILES string of the molecule is CC(C)(C)OC(=O)N1C2CCC1CC(C1CCCCC1)C2. The fraction of sp³-hybridized carbons (Fsp3) is 0.944. The van der Waals surface area contributed by atoms with Crippen LogP contribution in [-0.4, -0.2) is 28.7 Å². The van der Waals surface area contributed by atoms with E-state index in [9.17, 15) is 4.79 Å². The van der Waals surface area contributed by atoms with E-state index in [1.807, 2.05) is 20.8 Å². The molecule has 21 heavy (non-hydrogen) atoms. The van der Waals surface area contributed by atoms with Crippen molar-refractivity contribution >= 4 is 6.09 Å². The van der Waals surface area contributed by atoms with Crippen LogP contribution in [0.3, 0.4) is 0 Å². The first-order valence-corrected chi connectivity index (χ1v) is 8.95. The van der Waals surface area contributed by atoms with Crippen molar-refractivity contribution in [2.24, 2.45) is 11.8 Å². The zero-order chi connectivity index (χ0) is 15.0. The fourth-order valence-corrected chi connectivity index (χ4v) is 4.82. The van der Waals surface area contributed by atoms with Crippen LogP contribution in [-0.2, 0) is 4.74 Å². The van der Waals surface area contributed by atoms with Crippen LogP contribution in [0.5, 0.6) is 0 Å². The van der Waals surface area contributed by atoms with Crippen LogP contribution in [0.15, 0.2) is 0 Å². The standard InChI is InChI=1S/C18H31NO2/c1-18(2,3)21-17(20)19-15-9-10-16(19)12-14(11-15)13-7-5-4-6-8-13/h13-16H,4-12H2,1-3H3. The monoisotopic (exact) mass is 293 g/mol. The lowest BCUT2D eigenvalue weighted by atomic mass is 9.74. The van der Waals surface area contributed by atoms with Crippen LogP contribution in [0.25, 0.3) is 0 Å². The fourth-order valence-electron chi connectivity index (χ4n) is 4.82. The van der Waals surface area contributed by atoms with Gasteiger partial charge in [-0.3, -0.25) is 0 Å². The van der Waals surface area contributed by atoms with E-state index in [0.29, 0.717) is 12.1 Å². The summed E-state index contributed by atoms with van der Waals surface area (Å²) in [5.74, 6) is 1.80. The molecule has 0 aromatic heterocycles. The van der Waals surface area contributed by atoms with Gasteiger partial charge in [-0.2, -0.15) is 0 Å². The van der Waals surface area contributed by atoms with Gasteiger partial charge in [-0.1, -0.05) is 32.1 Å². The lowest BCUT2D eigenvalue weighted by Crippen LogP contribution is -2.49. The molecule has 2 saturated heterocycles. The minimum Gasteiger partial charge on any atom is -0.444 e. The predicted octanol–water partition coefficient (Wildman–Crippen LogP) is 4.74. The molecule has 1 amide bonds. The zero-order valence-corrected chi connectivity index (χ0v) is 13.9. The van der Waals surface area contributed by atoms with Crippen LogP contribution in [0.4, 0.5) is 4.79 Å². The third kappa shape index (κ3) is 3.37. The van der Waals surface area contributed by atoms with Gasteiger partial charge >= 0.3 is 6.09 Å². The van der Waals surface area contributed by atoms with Crippen molar-refractivity contribution < 1.29 is 9.53 Å². The van der Waals surface area contributed by atoms with Gasteiger partial charge in [-0.15, -0.1) is 0 Å². The van der Waals surface area contributed by atoms with E-state index in [1.165, 1.54) is 57.8 Å². The van der Waals surface area contributed by atoms with Crippen LogP contribution in [0, 0.1) is 11.8 Å². The Morgan fingerprint density at radius 1 is 0.905 bits per heavy atom. The molecule has 0 radical (unpaired) electrons. The number of nitrogens with zero attached hydrogens (tertiary/aromatic N) is 1. The molecular weight excluding hydrogens is 262 g/mol. The molecule has 0 spiro atoms. The van der Waals surface area contributed by atoms with E-state index in [4.69, 9.17) is 4.74 Å². The van der Waals surface area contributed by atoms with Gasteiger partial charge in [0.1, 0.15) is 5.60 Å². The largest absolute Gasteiger partial charge is 0.444 e. The molecule has 3 rings (SSSR count). The Bertz CT molecular complexity index is 367. The zero-order valence-electron chi connectivity index (χ0n) is 13.9. The average molecular weight is 293 g/mol. The molecule has 0 aromatic carbocycles. The predicted molar refractivity (Wildman–Crippen MR) is 84.2 cm³/mol. The normalized spacial score (nSPS) is 34.0. The van der Waals surface area contributed by atoms with Crippen molar-refractivity contribution in [3.05, 3.63) is 0 Å². The summed E-state index contributed by atoms with van der Waals surface area (Å²) in [5.41, 5.74) is -0.378. The van der Waals surface area contributed by atoms with Crippen LogP contribution in [0.2, 0.25) is 0 Å². The van der Waals surface area contributed by atoms with E-state index in [2.05, 4.69) is 4.90 Å². The highest BCUT2D eigenvalue weighted by atomic mass is 16.6. The maximum atomic E-state index is 12.5. The quantitative estimate of drug-likeness (QED) is 0.698. The topological polar surface area (TPSA) is 29.5 Å². The van der Waals surface area contributed by atoms with Crippen LogP contribution >= 0.6 is 0 Å². The van der Waals surface area contributed by atoms with Crippen molar-refractivity contribution in [2.45, 2.75) is 96.2 Å². The molecule has 0 aromatic rings. The molecule has 2 bridgehead atoms. The molecule has 0 N–H and O–H groups in total. The molecule has 2 aliphatic heterocycles. The van der Waals surface area contributed by atoms with E-state index >= 15 is 0 Å². The third-order valence-corrected chi connectivity index (χ3v) is 5.69. The number of fused-ring (bicyclic) bond motifs is 2. The first-order valence-electron chi connectivity index (χ1n) is 8.95. The average Bonchev–Trinajstić information content (AvgIpc) is 2.69. The molecule has 3 aliphatic rings. The van der Waals surface area contributed by atoms with E-state index < -0.39 is 0 Å². The first-order chi connectivity index (χ1) is 9.94. The Balaban J connectivity index is 1.62. The highest BCUT2D eigenvalue weighted by molar-refractivity contribution is 5.69. The number of carbonyl (C=O) groups excluding carboxylic acids is 1. The van der Waals surface area contributed by atoms with Crippen molar-refractivity contribution in [3.8, 4) is 0 Å². The molecular formula is C18H31NO2. The summed E-state index contributed by atoms with van der Waals surface area (Å²) >= 11 is 0. The van der Waals surface area contributed by atoms with Gasteiger partial charge in [-0.25, -0.2) is 4.79 Å². The third-order valence-electron chi connectivity index (χ3n) is 5.69. The summed E-state index contributed by atoms with van der Waals surface area (Å²) in [5, 5.41) is 0. The van der Waals surface area contributed by atoms with Crippen LogP contribution in [0.1, 0.15) is 78.6 Å². The maximum absolute atomic E-state index is 12.5. The van der Waals surface area contributed by atoms with Gasteiger partial charge in [-0.05, 0) is 58.3 Å². The minimum atomic E-state index is -0.378. The van der Waals surface area contributed by atoms with Crippen molar-refractivity contribution in [1.29, 1.82) is 0 Å². The second-order valence-corrected chi connectivity index (χ2v) is 8.40. The number of ether oxygens (including phenoxy) is 1. The number of hydrogen-bond donors (Lipinski definition) is 0. The van der Waals surface area contributed by atoms with E-state index in [0.717, 1.165) is 11.8 Å². The number of amides is 1. The van der Waals surface area contributed by atoms with E-state index in [-0.39, 0.29) is 11.7 Å². The molecule has 3 heteroatoms. The van der Waals surface area contributed by atoms with Gasteiger partial charge in [0.2, 0.25) is 0 Å². The Kier molecular flexibility index (Phi) is 4.20. The molecule has 2 heterocycles. The molecule has 120 valence electrons. The number of hydrogen-bond acceptors (Lipinski definition) is 2. The van der Waals surface area contributed by atoms with Gasteiger partial charge < -0.3 is 9.64 Å². The first kappa shape index (κ1) is 15.2. The molecule has 3 fully saturated rings. The number of piperidine rings is 1. The smallest absolute Gasteiger partial charge is 0.410 e. The minimum absolute atomic E-state index is 0.0721. The summed E-state index contributed by atoms with van der Waals surface area (Å²) in [4.78, 5) is 14.5. The number of carbonyl (C=O) groups is 1. The Morgan fingerprint density at radius 3 is 2.00 bits per heavy atom. The Labute approximate surface area is 129 Å². The lowest BCUT2D eigenvalue weighted by Gasteiger charge is -2.42. The molecule has 3 nitrogen and oxygen atoms in total. The van der Waals surface area contributed by atoms with Gasteiger partial charge in [0.25, 0.3) is 0 Å². The van der Waals surface area contributed by atoms with Gasteiger partial charge in [0.05, 0.1) is 0 Å². The molecule has 1 aliphatic carbocycles. The summed E-state index contributed by atoms with van der Waals surface area (Å²) in [6, 6.07) is 0.899. The summed E-state index contributed by atoms with van der Waals surface area (Å²) in [6.45, 7) is 5.88. The maximum Gasteiger partial charge on any atom is 0.410 e. The Morgan fingerprint density at radius 2 is 1.48 bits per heavy atom. The second-order valence-electron chi connectivity index (χ2n) is 8.40. The van der Waals surface area contributed by atoms with E-state index in [1.54, 1.807) is 0 Å². The second kappa shape index (κ2) is 5.81. The number of rotatable bonds is 1. The summed E-state index contributed by atoms with van der Waals surface area (Å²) in [7, 11) is 0.